The van der Waals surface area contributed by atoms with Gasteiger partial charge in [0.25, 0.3) is 0 Å². The summed E-state index contributed by atoms with van der Waals surface area (Å²) in [5, 5.41) is 15.5. The SMILES string of the molecule is COCOc1cc(OCOC)c(C(=O)/C=C/c2ccc3c(c2)OCO3)c(OCc2c(C)no[n+]2[O-])c1. The first-order valence-corrected chi connectivity index (χ1v) is 10.7. The number of benzene rings is 2. The van der Waals surface area contributed by atoms with E-state index < -0.39 is 5.78 Å². The monoisotopic (exact) mass is 500 g/mol. The van der Waals surface area contributed by atoms with Gasteiger partial charge < -0.3 is 38.4 Å². The minimum Gasteiger partial charge on any atom is -0.484 e. The fraction of sp³-hybridized carbons (Fsp3) is 0.292. The van der Waals surface area contributed by atoms with E-state index in [9.17, 15) is 10.0 Å². The molecule has 1 aliphatic rings. The Morgan fingerprint density at radius 2 is 1.78 bits per heavy atom. The Morgan fingerprint density at radius 3 is 2.50 bits per heavy atom. The van der Waals surface area contributed by atoms with Crippen LogP contribution in [0, 0.1) is 12.1 Å². The highest BCUT2D eigenvalue weighted by Gasteiger charge is 2.23. The summed E-state index contributed by atoms with van der Waals surface area (Å²) < 4.78 is 42.3. The number of aryl methyl sites for hydroxylation is 1. The maximum absolute atomic E-state index is 13.4. The van der Waals surface area contributed by atoms with Crippen LogP contribution in [0.4, 0.5) is 0 Å². The molecule has 0 radical (unpaired) electrons. The van der Waals surface area contributed by atoms with Crippen LogP contribution < -0.4 is 28.6 Å². The zero-order valence-corrected chi connectivity index (χ0v) is 19.8. The summed E-state index contributed by atoms with van der Waals surface area (Å²) in [6.45, 7) is 1.34. The van der Waals surface area contributed by atoms with Crippen LogP contribution in [-0.2, 0) is 16.1 Å². The molecule has 0 atom stereocenters. The summed E-state index contributed by atoms with van der Waals surface area (Å²) in [6.07, 6.45) is 2.99. The summed E-state index contributed by atoms with van der Waals surface area (Å²) in [7, 11) is 2.92. The van der Waals surface area contributed by atoms with E-state index in [1.165, 1.54) is 32.4 Å². The number of nitrogens with zero attached hydrogens (tertiary/aromatic N) is 2. The Morgan fingerprint density at radius 1 is 1.06 bits per heavy atom. The third-order valence-electron chi connectivity index (χ3n) is 5.04. The van der Waals surface area contributed by atoms with Crippen LogP contribution >= 0.6 is 0 Å². The number of ether oxygens (including phenoxy) is 7. The van der Waals surface area contributed by atoms with Gasteiger partial charge in [0.15, 0.2) is 37.5 Å². The number of aromatic nitrogens is 2. The molecule has 0 spiro atoms. The molecule has 0 fully saturated rings. The normalized spacial score (nSPS) is 12.2. The van der Waals surface area contributed by atoms with Crippen molar-refractivity contribution in [2.75, 3.05) is 34.6 Å². The second-order valence-electron chi connectivity index (χ2n) is 7.46. The van der Waals surface area contributed by atoms with E-state index in [1.807, 2.05) is 0 Å². The topological polar surface area (TPSA) is 135 Å². The minimum absolute atomic E-state index is 0.0498. The molecule has 2 aromatic carbocycles. The van der Waals surface area contributed by atoms with E-state index in [4.69, 9.17) is 33.2 Å². The predicted octanol–water partition coefficient (Wildman–Crippen LogP) is 2.79. The number of rotatable bonds is 12. The van der Waals surface area contributed by atoms with Gasteiger partial charge in [-0.25, -0.2) is 0 Å². The maximum atomic E-state index is 13.4. The van der Waals surface area contributed by atoms with Gasteiger partial charge in [0.1, 0.15) is 22.8 Å². The van der Waals surface area contributed by atoms with Crippen LogP contribution in [0.3, 0.4) is 0 Å². The van der Waals surface area contributed by atoms with Crippen LogP contribution in [0.25, 0.3) is 6.08 Å². The van der Waals surface area contributed by atoms with Crippen LogP contribution in [0.15, 0.2) is 41.0 Å². The van der Waals surface area contributed by atoms with Gasteiger partial charge in [-0.3, -0.25) is 9.42 Å². The molecule has 0 amide bonds. The van der Waals surface area contributed by atoms with Crippen molar-refractivity contribution in [2.24, 2.45) is 0 Å². The molecule has 12 heteroatoms. The van der Waals surface area contributed by atoms with Crippen molar-refractivity contribution in [2.45, 2.75) is 13.5 Å². The zero-order valence-electron chi connectivity index (χ0n) is 19.8. The quantitative estimate of drug-likeness (QED) is 0.157. The Labute approximate surface area is 206 Å². The van der Waals surface area contributed by atoms with Crippen molar-refractivity contribution >= 4 is 11.9 Å². The van der Waals surface area contributed by atoms with E-state index in [2.05, 4.69) is 9.79 Å². The molecule has 2 heterocycles. The van der Waals surface area contributed by atoms with Gasteiger partial charge >= 0.3 is 0 Å². The lowest BCUT2D eigenvalue weighted by Crippen LogP contribution is -2.29. The van der Waals surface area contributed by atoms with E-state index in [0.717, 1.165) is 5.56 Å². The number of carbonyl (C=O) groups is 1. The molecule has 0 saturated carbocycles. The molecule has 3 aromatic rings. The summed E-state index contributed by atoms with van der Waals surface area (Å²) in [5.41, 5.74) is 1.32. The standard InChI is InChI=1S/C24H24N2O10/c1-15-18(26(28)36-25-15)11-31-22-9-17(32-12-29-2)10-23(33-13-30-3)24(22)19(27)6-4-16-5-7-20-21(8-16)35-14-34-20/h4-10H,11-14H2,1-3H3/b6-4+. The zero-order chi connectivity index (χ0) is 25.5. The lowest BCUT2D eigenvalue weighted by atomic mass is 10.1. The summed E-state index contributed by atoms with van der Waals surface area (Å²) >= 11 is 0. The summed E-state index contributed by atoms with van der Waals surface area (Å²) in [4.78, 5) is 13.6. The highest BCUT2D eigenvalue weighted by Crippen LogP contribution is 2.36. The highest BCUT2D eigenvalue weighted by atomic mass is 16.8. The van der Waals surface area contributed by atoms with E-state index in [1.54, 1.807) is 31.2 Å². The van der Waals surface area contributed by atoms with Crippen molar-refractivity contribution in [1.82, 2.24) is 5.16 Å². The van der Waals surface area contributed by atoms with Crippen molar-refractivity contribution < 1.29 is 47.5 Å². The van der Waals surface area contributed by atoms with Crippen molar-refractivity contribution in [3.8, 4) is 28.7 Å². The number of ketones is 1. The minimum atomic E-state index is -0.427. The molecule has 36 heavy (non-hydrogen) atoms. The third kappa shape index (κ3) is 5.67. The number of allylic oxidation sites excluding steroid dienone is 1. The fourth-order valence-electron chi connectivity index (χ4n) is 3.28. The van der Waals surface area contributed by atoms with Gasteiger partial charge in [-0.15, -0.1) is 0 Å². The van der Waals surface area contributed by atoms with Crippen molar-refractivity contribution in [3.05, 3.63) is 64.1 Å². The Balaban J connectivity index is 1.68. The fourth-order valence-corrected chi connectivity index (χ4v) is 3.28. The first-order valence-electron chi connectivity index (χ1n) is 10.7. The van der Waals surface area contributed by atoms with Gasteiger partial charge in [0.05, 0.1) is 0 Å². The first-order chi connectivity index (χ1) is 17.5. The molecule has 1 aromatic heterocycles. The average molecular weight is 500 g/mol. The Kier molecular flexibility index (Phi) is 7.88. The smallest absolute Gasteiger partial charge is 0.235 e. The summed E-state index contributed by atoms with van der Waals surface area (Å²) in [5.74, 6) is 1.37. The molecule has 0 N–H and O–H groups in total. The van der Waals surface area contributed by atoms with Crippen LogP contribution in [0.1, 0.15) is 27.3 Å². The molecule has 0 unspecified atom stereocenters. The number of carbonyl (C=O) groups excluding carboxylic acids is 1. The Bertz CT molecular complexity index is 1230. The molecule has 1 aliphatic heterocycles. The van der Waals surface area contributed by atoms with Crippen molar-refractivity contribution in [3.63, 3.8) is 0 Å². The highest BCUT2D eigenvalue weighted by molar-refractivity contribution is 6.10. The van der Waals surface area contributed by atoms with Crippen molar-refractivity contribution in [1.29, 1.82) is 0 Å². The number of methoxy groups -OCH3 is 2. The molecule has 190 valence electrons. The van der Waals surface area contributed by atoms with Gasteiger partial charge in [-0.1, -0.05) is 12.1 Å². The number of hydrogen-bond donors (Lipinski definition) is 0. The average Bonchev–Trinajstić information content (AvgIpc) is 3.48. The maximum Gasteiger partial charge on any atom is 0.235 e. The van der Waals surface area contributed by atoms with Crippen LogP contribution in [-0.4, -0.2) is 45.5 Å². The van der Waals surface area contributed by atoms with Crippen LogP contribution in [0.2, 0.25) is 0 Å². The Hall–Kier alpha value is -4.29. The third-order valence-corrected chi connectivity index (χ3v) is 5.04. The van der Waals surface area contributed by atoms with Gasteiger partial charge in [-0.05, 0) is 28.7 Å². The largest absolute Gasteiger partial charge is 0.484 e. The second-order valence-corrected chi connectivity index (χ2v) is 7.46. The molecule has 0 saturated heterocycles. The van der Waals surface area contributed by atoms with Gasteiger partial charge in [0, 0.05) is 38.4 Å². The lowest BCUT2D eigenvalue weighted by Gasteiger charge is -2.16. The number of fused-ring (bicyclic) bond motifs is 1. The molecule has 0 bridgehead atoms. The second kappa shape index (κ2) is 11.4. The lowest BCUT2D eigenvalue weighted by molar-refractivity contribution is -0.808. The molecule has 0 aliphatic carbocycles. The predicted molar refractivity (Wildman–Crippen MR) is 122 cm³/mol. The summed E-state index contributed by atoms with van der Waals surface area (Å²) in [6, 6.07) is 8.33. The molecular formula is C24H24N2O10. The molecule has 4 rings (SSSR count). The van der Waals surface area contributed by atoms with Crippen LogP contribution in [0.5, 0.6) is 28.7 Å². The molecule has 12 nitrogen and oxygen atoms in total. The van der Waals surface area contributed by atoms with E-state index in [0.29, 0.717) is 22.9 Å². The first kappa shape index (κ1) is 24.8. The van der Waals surface area contributed by atoms with E-state index in [-0.39, 0.29) is 54.6 Å². The van der Waals surface area contributed by atoms with E-state index >= 15 is 0 Å². The molecular weight excluding hydrogens is 476 g/mol. The van der Waals surface area contributed by atoms with Gasteiger partial charge in [-0.2, -0.15) is 0 Å². The van der Waals surface area contributed by atoms with Gasteiger partial charge in [0.2, 0.25) is 18.2 Å². The number of hydrogen-bond acceptors (Lipinski definition) is 11.